The summed E-state index contributed by atoms with van der Waals surface area (Å²) in [5.74, 6) is -1.43. The molecule has 0 spiro atoms. The van der Waals surface area contributed by atoms with Crippen molar-refractivity contribution in [3.05, 3.63) is 40.2 Å². The molecule has 1 amide bonds. The minimum Gasteiger partial charge on any atom is -0.484 e. The van der Waals surface area contributed by atoms with Crippen molar-refractivity contribution in [1.29, 1.82) is 0 Å². The zero-order valence-electron chi connectivity index (χ0n) is 15.8. The summed E-state index contributed by atoms with van der Waals surface area (Å²) in [5.41, 5.74) is 0.872. The second-order valence-electron chi connectivity index (χ2n) is 6.56. The van der Waals surface area contributed by atoms with Crippen LogP contribution in [0, 0.1) is 5.92 Å². The van der Waals surface area contributed by atoms with Crippen LogP contribution in [-0.2, 0) is 16.0 Å². The molecule has 1 heterocycles. The molecule has 27 heavy (non-hydrogen) atoms. The fourth-order valence-electron chi connectivity index (χ4n) is 2.82. The molecule has 1 aromatic heterocycles. The third kappa shape index (κ3) is 5.32. The Morgan fingerprint density at radius 2 is 2.00 bits per heavy atom. The summed E-state index contributed by atoms with van der Waals surface area (Å²) < 4.78 is 10.7. The van der Waals surface area contributed by atoms with Crippen molar-refractivity contribution in [3.63, 3.8) is 0 Å². The van der Waals surface area contributed by atoms with Gasteiger partial charge in [-0.2, -0.15) is 0 Å². The van der Waals surface area contributed by atoms with Gasteiger partial charge in [-0.1, -0.05) is 33.6 Å². The van der Waals surface area contributed by atoms with Gasteiger partial charge in [-0.15, -0.1) is 0 Å². The highest BCUT2D eigenvalue weighted by Gasteiger charge is 2.25. The maximum atomic E-state index is 12.0. The van der Waals surface area contributed by atoms with Crippen molar-refractivity contribution in [1.82, 2.24) is 5.32 Å². The summed E-state index contributed by atoms with van der Waals surface area (Å²) >= 11 is 0. The fraction of sp³-hybridized carbons (Fsp3) is 0.450. The Kier molecular flexibility index (Phi) is 6.98. The predicted molar refractivity (Wildman–Crippen MR) is 101 cm³/mol. The van der Waals surface area contributed by atoms with Crippen LogP contribution in [0.4, 0.5) is 0 Å². The summed E-state index contributed by atoms with van der Waals surface area (Å²) in [6.45, 7) is 5.32. The Bertz CT molecular complexity index is 872. The molecule has 0 saturated carbocycles. The molecule has 2 aromatic rings. The largest absolute Gasteiger partial charge is 0.484 e. The smallest absolute Gasteiger partial charge is 0.336 e. The van der Waals surface area contributed by atoms with E-state index in [-0.39, 0.29) is 12.5 Å². The lowest BCUT2D eigenvalue weighted by Crippen LogP contribution is -2.46. The van der Waals surface area contributed by atoms with E-state index in [4.69, 9.17) is 9.15 Å². The number of aliphatic carboxylic acids is 1. The third-order valence-electron chi connectivity index (χ3n) is 4.49. The Balaban J connectivity index is 2.09. The Morgan fingerprint density at radius 3 is 2.63 bits per heavy atom. The van der Waals surface area contributed by atoms with Crippen LogP contribution in [0.15, 0.2) is 33.5 Å². The number of rotatable bonds is 9. The van der Waals surface area contributed by atoms with E-state index in [1.54, 1.807) is 25.1 Å². The van der Waals surface area contributed by atoms with Crippen molar-refractivity contribution >= 4 is 22.8 Å². The van der Waals surface area contributed by atoms with Crippen molar-refractivity contribution in [2.45, 2.75) is 46.1 Å². The van der Waals surface area contributed by atoms with Crippen LogP contribution in [0.1, 0.15) is 39.2 Å². The van der Waals surface area contributed by atoms with E-state index in [1.165, 1.54) is 6.07 Å². The number of carbonyl (C=O) groups excluding carboxylic acids is 1. The zero-order chi connectivity index (χ0) is 20.0. The van der Waals surface area contributed by atoms with Crippen LogP contribution in [0.25, 0.3) is 11.0 Å². The van der Waals surface area contributed by atoms with Gasteiger partial charge in [0.2, 0.25) is 0 Å². The fourth-order valence-corrected chi connectivity index (χ4v) is 2.82. The van der Waals surface area contributed by atoms with E-state index in [0.29, 0.717) is 17.8 Å². The minimum atomic E-state index is -1.08. The Labute approximate surface area is 157 Å². The number of benzene rings is 1. The third-order valence-corrected chi connectivity index (χ3v) is 4.49. The average Bonchev–Trinajstić information content (AvgIpc) is 2.63. The van der Waals surface area contributed by atoms with Crippen LogP contribution >= 0.6 is 0 Å². The number of hydrogen-bond donors (Lipinski definition) is 2. The molecule has 0 aliphatic rings. The number of carboxylic acid groups (broad SMARTS) is 1. The lowest BCUT2D eigenvalue weighted by Gasteiger charge is -2.20. The Hall–Kier alpha value is -2.83. The second-order valence-corrected chi connectivity index (χ2v) is 6.56. The van der Waals surface area contributed by atoms with Crippen LogP contribution in [0.2, 0.25) is 0 Å². The first kappa shape index (κ1) is 20.5. The van der Waals surface area contributed by atoms with E-state index >= 15 is 0 Å². The lowest BCUT2D eigenvalue weighted by molar-refractivity contribution is -0.143. The molecule has 1 aromatic carbocycles. The van der Waals surface area contributed by atoms with Gasteiger partial charge in [0, 0.05) is 17.5 Å². The lowest BCUT2D eigenvalue weighted by atomic mass is 9.99. The highest BCUT2D eigenvalue weighted by molar-refractivity contribution is 5.85. The number of aryl methyl sites for hydroxylation is 1. The van der Waals surface area contributed by atoms with Gasteiger partial charge in [-0.25, -0.2) is 9.59 Å². The molecule has 7 nitrogen and oxygen atoms in total. The van der Waals surface area contributed by atoms with Gasteiger partial charge in [-0.3, -0.25) is 4.79 Å². The van der Waals surface area contributed by atoms with E-state index < -0.39 is 23.5 Å². The molecule has 0 radical (unpaired) electrons. The first-order chi connectivity index (χ1) is 12.8. The normalized spacial score (nSPS) is 13.1. The summed E-state index contributed by atoms with van der Waals surface area (Å²) in [6, 6.07) is 5.57. The van der Waals surface area contributed by atoms with Crippen LogP contribution < -0.4 is 15.7 Å². The molecular weight excluding hydrogens is 350 g/mol. The monoisotopic (exact) mass is 375 g/mol. The van der Waals surface area contributed by atoms with E-state index in [0.717, 1.165) is 23.8 Å². The molecule has 0 aliphatic carbocycles. The molecule has 146 valence electrons. The number of carbonyl (C=O) groups is 2. The van der Waals surface area contributed by atoms with Gasteiger partial charge in [0.25, 0.3) is 5.91 Å². The number of ether oxygens (including phenoxy) is 1. The SMILES string of the molecule is CCCc1cc(=O)oc2cc(OCC(=O)N[C@H](C(=O)O)[C@@H](C)CC)ccc12. The van der Waals surface area contributed by atoms with Gasteiger partial charge < -0.3 is 19.6 Å². The minimum absolute atomic E-state index is 0.196. The topological polar surface area (TPSA) is 106 Å². The van der Waals surface area contributed by atoms with E-state index in [2.05, 4.69) is 5.32 Å². The molecule has 0 aliphatic heterocycles. The van der Waals surface area contributed by atoms with Gasteiger partial charge in [0.1, 0.15) is 17.4 Å². The Morgan fingerprint density at radius 1 is 1.26 bits per heavy atom. The number of hydrogen-bond acceptors (Lipinski definition) is 5. The average molecular weight is 375 g/mol. The maximum absolute atomic E-state index is 12.0. The van der Waals surface area contributed by atoms with Crippen LogP contribution in [-0.4, -0.2) is 29.6 Å². The molecule has 7 heteroatoms. The standard InChI is InChI=1S/C20H25NO6/c1-4-6-13-9-18(23)27-16-10-14(7-8-15(13)16)26-11-17(22)21-19(20(24)25)12(3)5-2/h7-10,12,19H,4-6,11H2,1-3H3,(H,21,22)(H,24,25)/t12-,19-/m0/s1. The summed E-state index contributed by atoms with van der Waals surface area (Å²) in [5, 5.41) is 12.5. The first-order valence-electron chi connectivity index (χ1n) is 9.07. The summed E-state index contributed by atoms with van der Waals surface area (Å²) in [6.07, 6.45) is 2.29. The number of fused-ring (bicyclic) bond motifs is 1. The van der Waals surface area contributed by atoms with Crippen molar-refractivity contribution < 1.29 is 23.8 Å². The van der Waals surface area contributed by atoms with Gasteiger partial charge in [0.15, 0.2) is 6.61 Å². The molecule has 0 unspecified atom stereocenters. The molecule has 0 fully saturated rings. The van der Waals surface area contributed by atoms with Crippen LogP contribution in [0.5, 0.6) is 5.75 Å². The number of amides is 1. The quantitative estimate of drug-likeness (QED) is 0.653. The highest BCUT2D eigenvalue weighted by Crippen LogP contribution is 2.23. The van der Waals surface area contributed by atoms with Gasteiger partial charge in [-0.05, 0) is 30.0 Å². The van der Waals surface area contributed by atoms with Gasteiger partial charge >= 0.3 is 11.6 Å². The van der Waals surface area contributed by atoms with Crippen molar-refractivity contribution in [2.75, 3.05) is 6.61 Å². The molecule has 0 bridgehead atoms. The molecular formula is C20H25NO6. The van der Waals surface area contributed by atoms with Crippen molar-refractivity contribution in [2.24, 2.45) is 5.92 Å². The molecule has 0 saturated heterocycles. The zero-order valence-corrected chi connectivity index (χ0v) is 15.8. The molecule has 2 N–H and O–H groups in total. The van der Waals surface area contributed by atoms with E-state index in [1.807, 2.05) is 13.8 Å². The summed E-state index contributed by atoms with van der Waals surface area (Å²) in [4.78, 5) is 35.0. The van der Waals surface area contributed by atoms with Gasteiger partial charge in [0.05, 0.1) is 0 Å². The number of nitrogens with one attached hydrogen (secondary N) is 1. The van der Waals surface area contributed by atoms with Crippen molar-refractivity contribution in [3.8, 4) is 5.75 Å². The second kappa shape index (κ2) is 9.21. The van der Waals surface area contributed by atoms with Crippen LogP contribution in [0.3, 0.4) is 0 Å². The highest BCUT2D eigenvalue weighted by atomic mass is 16.5. The van der Waals surface area contributed by atoms with E-state index in [9.17, 15) is 19.5 Å². The molecule has 2 rings (SSSR count). The first-order valence-corrected chi connectivity index (χ1v) is 9.07. The number of carboxylic acids is 1. The molecule has 2 atom stereocenters. The maximum Gasteiger partial charge on any atom is 0.336 e. The predicted octanol–water partition coefficient (Wildman–Crippen LogP) is 2.74. The summed E-state index contributed by atoms with van der Waals surface area (Å²) in [7, 11) is 0.